The van der Waals surface area contributed by atoms with E-state index in [1.165, 1.54) is 0 Å². The van der Waals surface area contributed by atoms with Gasteiger partial charge in [-0.25, -0.2) is 4.98 Å². The van der Waals surface area contributed by atoms with Gasteiger partial charge in [0, 0.05) is 13.6 Å². The predicted molar refractivity (Wildman–Crippen MR) is 83.9 cm³/mol. The molecule has 1 aromatic heterocycles. The molecule has 1 fully saturated rings. The van der Waals surface area contributed by atoms with Gasteiger partial charge in [0.15, 0.2) is 0 Å². The summed E-state index contributed by atoms with van der Waals surface area (Å²) in [5.41, 5.74) is 0.0226. The maximum absolute atomic E-state index is 6.20. The monoisotopic (exact) mass is 296 g/mol. The number of aromatic nitrogens is 1. The van der Waals surface area contributed by atoms with Gasteiger partial charge in [0.2, 0.25) is 0 Å². The number of anilines is 1. The standard InChI is InChI=1S/C14H22BClN2O2/c1-7-18(6)12-10(16)8-9-11(17-12)15-19-13(2,3)14(4,5)20-15/h8-9H,7H2,1-6H3. The molecule has 0 atom stereocenters. The topological polar surface area (TPSA) is 34.6 Å². The van der Waals surface area contributed by atoms with Gasteiger partial charge in [0.25, 0.3) is 0 Å². The van der Waals surface area contributed by atoms with Crippen molar-refractivity contribution in [2.75, 3.05) is 18.5 Å². The molecule has 0 bridgehead atoms. The van der Waals surface area contributed by atoms with E-state index in [1.54, 1.807) is 0 Å². The smallest absolute Gasteiger partial charge is 0.398 e. The summed E-state index contributed by atoms with van der Waals surface area (Å²) in [5.74, 6) is 0.751. The van der Waals surface area contributed by atoms with Crippen molar-refractivity contribution in [3.63, 3.8) is 0 Å². The van der Waals surface area contributed by atoms with Crippen molar-refractivity contribution in [1.29, 1.82) is 0 Å². The molecule has 1 aliphatic heterocycles. The van der Waals surface area contributed by atoms with E-state index in [4.69, 9.17) is 20.9 Å². The third-order valence-corrected chi connectivity index (χ3v) is 4.47. The molecule has 2 heterocycles. The first kappa shape index (κ1) is 15.6. The van der Waals surface area contributed by atoms with Crippen molar-refractivity contribution in [2.45, 2.75) is 45.8 Å². The van der Waals surface area contributed by atoms with Crippen molar-refractivity contribution < 1.29 is 9.31 Å². The Morgan fingerprint density at radius 2 is 1.75 bits per heavy atom. The summed E-state index contributed by atoms with van der Waals surface area (Å²) in [5, 5.41) is 0.634. The van der Waals surface area contributed by atoms with Crippen LogP contribution in [0, 0.1) is 0 Å². The van der Waals surface area contributed by atoms with E-state index in [1.807, 2.05) is 51.8 Å². The molecule has 0 N–H and O–H groups in total. The summed E-state index contributed by atoms with van der Waals surface area (Å²) in [6, 6.07) is 3.70. The zero-order chi connectivity index (χ0) is 15.1. The quantitative estimate of drug-likeness (QED) is 0.803. The highest BCUT2D eigenvalue weighted by atomic mass is 35.5. The van der Waals surface area contributed by atoms with E-state index in [2.05, 4.69) is 11.9 Å². The SMILES string of the molecule is CCN(C)c1nc(B2OC(C)(C)C(C)(C)O2)ccc1Cl. The van der Waals surface area contributed by atoms with Gasteiger partial charge >= 0.3 is 7.12 Å². The van der Waals surface area contributed by atoms with Crippen LogP contribution in [0.1, 0.15) is 34.6 Å². The van der Waals surface area contributed by atoms with E-state index < -0.39 is 7.12 Å². The van der Waals surface area contributed by atoms with Crippen LogP contribution >= 0.6 is 11.6 Å². The van der Waals surface area contributed by atoms with Crippen LogP contribution < -0.4 is 10.5 Å². The van der Waals surface area contributed by atoms with Crippen molar-refractivity contribution in [1.82, 2.24) is 4.98 Å². The summed E-state index contributed by atoms with van der Waals surface area (Å²) in [6.07, 6.45) is 0. The first-order valence-corrected chi connectivity index (χ1v) is 7.29. The number of hydrogen-bond acceptors (Lipinski definition) is 4. The maximum Gasteiger partial charge on any atom is 0.514 e. The molecule has 6 heteroatoms. The Hall–Kier alpha value is -0.775. The molecule has 0 aromatic carbocycles. The highest BCUT2D eigenvalue weighted by Crippen LogP contribution is 2.36. The first-order valence-electron chi connectivity index (χ1n) is 6.91. The number of rotatable bonds is 3. The fourth-order valence-corrected chi connectivity index (χ4v) is 2.21. The van der Waals surface area contributed by atoms with E-state index in [0.717, 1.165) is 18.0 Å². The third kappa shape index (κ3) is 2.67. The Kier molecular flexibility index (Phi) is 4.06. The van der Waals surface area contributed by atoms with E-state index in [9.17, 15) is 0 Å². The summed E-state index contributed by atoms with van der Waals surface area (Å²) in [7, 11) is 1.50. The van der Waals surface area contributed by atoms with Gasteiger partial charge in [0.05, 0.1) is 21.8 Å². The van der Waals surface area contributed by atoms with E-state index in [-0.39, 0.29) is 11.2 Å². The molecule has 110 valence electrons. The van der Waals surface area contributed by atoms with Gasteiger partial charge in [-0.15, -0.1) is 0 Å². The maximum atomic E-state index is 6.20. The van der Waals surface area contributed by atoms with Crippen LogP contribution in [0.25, 0.3) is 0 Å². The zero-order valence-electron chi connectivity index (χ0n) is 13.0. The fraction of sp³-hybridized carbons (Fsp3) is 0.643. The fourth-order valence-electron chi connectivity index (χ4n) is 1.96. The van der Waals surface area contributed by atoms with Gasteiger partial charge in [-0.05, 0) is 46.8 Å². The second kappa shape index (κ2) is 5.21. The second-order valence-corrected chi connectivity index (χ2v) is 6.55. The van der Waals surface area contributed by atoms with Crippen molar-refractivity contribution >= 4 is 30.1 Å². The number of nitrogens with zero attached hydrogens (tertiary/aromatic N) is 2. The Morgan fingerprint density at radius 3 is 2.25 bits per heavy atom. The van der Waals surface area contributed by atoms with Crippen molar-refractivity contribution in [2.24, 2.45) is 0 Å². The molecule has 4 nitrogen and oxygen atoms in total. The lowest BCUT2D eigenvalue weighted by atomic mass is 9.84. The highest BCUT2D eigenvalue weighted by molar-refractivity contribution is 6.61. The minimum Gasteiger partial charge on any atom is -0.398 e. The number of pyridine rings is 1. The lowest BCUT2D eigenvalue weighted by Crippen LogP contribution is -2.41. The van der Waals surface area contributed by atoms with Crippen LogP contribution in [0.3, 0.4) is 0 Å². The van der Waals surface area contributed by atoms with Crippen LogP contribution in [0.5, 0.6) is 0 Å². The van der Waals surface area contributed by atoms with Gasteiger partial charge in [-0.1, -0.05) is 11.6 Å². The Morgan fingerprint density at radius 1 is 1.20 bits per heavy atom. The number of halogens is 1. The van der Waals surface area contributed by atoms with Crippen LogP contribution in [0.4, 0.5) is 5.82 Å². The van der Waals surface area contributed by atoms with Crippen molar-refractivity contribution in [3.05, 3.63) is 17.2 Å². The Bertz CT molecular complexity index is 492. The Balaban J connectivity index is 2.32. The summed E-state index contributed by atoms with van der Waals surface area (Å²) >= 11 is 6.20. The van der Waals surface area contributed by atoms with Gasteiger partial charge in [0.1, 0.15) is 5.82 Å². The molecular weight excluding hydrogens is 274 g/mol. The van der Waals surface area contributed by atoms with Gasteiger partial charge in [-0.3, -0.25) is 0 Å². The second-order valence-electron chi connectivity index (χ2n) is 6.14. The largest absolute Gasteiger partial charge is 0.514 e. The molecular formula is C14H22BClN2O2. The summed E-state index contributed by atoms with van der Waals surface area (Å²) < 4.78 is 12.0. The molecule has 0 saturated carbocycles. The molecule has 0 unspecified atom stereocenters. The molecule has 20 heavy (non-hydrogen) atoms. The molecule has 1 aromatic rings. The van der Waals surface area contributed by atoms with Gasteiger partial charge < -0.3 is 14.2 Å². The average molecular weight is 297 g/mol. The Labute approximate surface area is 126 Å². The first-order chi connectivity index (χ1) is 9.18. The predicted octanol–water partition coefficient (Wildman–Crippen LogP) is 2.49. The average Bonchev–Trinajstić information content (AvgIpc) is 2.58. The van der Waals surface area contributed by atoms with E-state index in [0.29, 0.717) is 5.02 Å². The summed E-state index contributed by atoms with van der Waals surface area (Å²) in [4.78, 5) is 6.60. The minimum absolute atomic E-state index is 0.365. The van der Waals surface area contributed by atoms with Crippen LogP contribution in [-0.4, -0.2) is 36.9 Å². The lowest BCUT2D eigenvalue weighted by Gasteiger charge is -2.32. The number of hydrogen-bond donors (Lipinski definition) is 0. The summed E-state index contributed by atoms with van der Waals surface area (Å²) in [6.45, 7) is 11.0. The normalized spacial score (nSPS) is 20.2. The van der Waals surface area contributed by atoms with E-state index >= 15 is 0 Å². The van der Waals surface area contributed by atoms with Crippen LogP contribution in [0.15, 0.2) is 12.1 Å². The molecule has 0 amide bonds. The van der Waals surface area contributed by atoms with Crippen LogP contribution in [0.2, 0.25) is 5.02 Å². The molecule has 2 rings (SSSR count). The molecule has 1 aliphatic rings. The van der Waals surface area contributed by atoms with Crippen LogP contribution in [-0.2, 0) is 9.31 Å². The zero-order valence-corrected chi connectivity index (χ0v) is 13.8. The molecule has 1 saturated heterocycles. The molecule has 0 radical (unpaired) electrons. The minimum atomic E-state index is -0.457. The molecule has 0 aliphatic carbocycles. The highest BCUT2D eigenvalue weighted by Gasteiger charge is 2.52. The van der Waals surface area contributed by atoms with Crippen molar-refractivity contribution in [3.8, 4) is 0 Å². The van der Waals surface area contributed by atoms with Gasteiger partial charge in [-0.2, -0.15) is 0 Å². The molecule has 0 spiro atoms. The lowest BCUT2D eigenvalue weighted by molar-refractivity contribution is 0.00578. The third-order valence-electron chi connectivity index (χ3n) is 4.18.